The molecular formula is C18H20N2O5S. The van der Waals surface area contributed by atoms with Gasteiger partial charge in [-0.15, -0.1) is 0 Å². The maximum absolute atomic E-state index is 12.3. The zero-order valence-corrected chi connectivity index (χ0v) is 15.4. The summed E-state index contributed by atoms with van der Waals surface area (Å²) >= 11 is 0. The summed E-state index contributed by atoms with van der Waals surface area (Å²) in [6.45, 7) is 0.540. The smallest absolute Gasteiger partial charge is 0.232 e. The van der Waals surface area contributed by atoms with Crippen LogP contribution >= 0.6 is 0 Å². The van der Waals surface area contributed by atoms with Crippen molar-refractivity contribution in [3.8, 4) is 11.5 Å². The minimum Gasteiger partial charge on any atom is -0.497 e. The van der Waals surface area contributed by atoms with Gasteiger partial charge in [0.2, 0.25) is 15.9 Å². The number of hydrogen-bond donors (Lipinski definition) is 1. The molecule has 26 heavy (non-hydrogen) atoms. The molecule has 0 fully saturated rings. The Hall–Kier alpha value is -2.74. The molecule has 0 aromatic heterocycles. The SMILES string of the molecule is COc1ccc(CC(=O)Nc2ccc3c(c2)N(S(C)(=O)=O)CCO3)cc1. The summed E-state index contributed by atoms with van der Waals surface area (Å²) in [5.74, 6) is 1.01. The van der Waals surface area contributed by atoms with Crippen LogP contribution in [0.3, 0.4) is 0 Å². The zero-order chi connectivity index (χ0) is 18.7. The first kappa shape index (κ1) is 18.1. The molecule has 2 aromatic carbocycles. The molecule has 0 saturated carbocycles. The molecule has 2 aromatic rings. The molecular weight excluding hydrogens is 356 g/mol. The number of sulfonamides is 1. The fourth-order valence-electron chi connectivity index (χ4n) is 2.75. The van der Waals surface area contributed by atoms with Gasteiger partial charge in [0.1, 0.15) is 18.1 Å². The predicted octanol–water partition coefficient (Wildman–Crippen LogP) is 2.03. The lowest BCUT2D eigenvalue weighted by atomic mass is 10.1. The third kappa shape index (κ3) is 4.08. The number of benzene rings is 2. The standard InChI is InChI=1S/C18H20N2O5S/c1-24-15-6-3-13(4-7-15)11-18(21)19-14-5-8-17-16(12-14)20(9-10-25-17)26(2,22)23/h3-8,12H,9-11H2,1-2H3,(H,19,21). The summed E-state index contributed by atoms with van der Waals surface area (Å²) < 4.78 is 35.8. The van der Waals surface area contributed by atoms with Crippen molar-refractivity contribution in [2.75, 3.05) is 36.1 Å². The first-order chi connectivity index (χ1) is 12.4. The molecule has 3 rings (SSSR count). The molecule has 1 amide bonds. The van der Waals surface area contributed by atoms with Crippen LogP contribution in [0, 0.1) is 0 Å². The van der Waals surface area contributed by atoms with Gasteiger partial charge >= 0.3 is 0 Å². The lowest BCUT2D eigenvalue weighted by molar-refractivity contribution is -0.115. The summed E-state index contributed by atoms with van der Waals surface area (Å²) in [6.07, 6.45) is 1.35. The molecule has 0 spiro atoms. The maximum Gasteiger partial charge on any atom is 0.232 e. The number of nitrogens with zero attached hydrogens (tertiary/aromatic N) is 1. The number of carbonyl (C=O) groups excluding carboxylic acids is 1. The predicted molar refractivity (Wildman–Crippen MR) is 99.5 cm³/mol. The Balaban J connectivity index is 1.74. The van der Waals surface area contributed by atoms with Crippen molar-refractivity contribution in [1.29, 1.82) is 0 Å². The van der Waals surface area contributed by atoms with Crippen molar-refractivity contribution >= 4 is 27.3 Å². The fraction of sp³-hybridized carbons (Fsp3) is 0.278. The average molecular weight is 376 g/mol. The van der Waals surface area contributed by atoms with E-state index in [1.807, 2.05) is 12.1 Å². The lowest BCUT2D eigenvalue weighted by Gasteiger charge is -2.29. The molecule has 0 atom stereocenters. The molecule has 1 N–H and O–H groups in total. The number of rotatable bonds is 5. The van der Waals surface area contributed by atoms with Gasteiger partial charge in [-0.3, -0.25) is 9.10 Å². The van der Waals surface area contributed by atoms with E-state index in [4.69, 9.17) is 9.47 Å². The van der Waals surface area contributed by atoms with Gasteiger partial charge in [0.05, 0.1) is 32.0 Å². The number of fused-ring (bicyclic) bond motifs is 1. The van der Waals surface area contributed by atoms with E-state index in [0.717, 1.165) is 17.6 Å². The van der Waals surface area contributed by atoms with Crippen LogP contribution in [0.2, 0.25) is 0 Å². The van der Waals surface area contributed by atoms with Gasteiger partial charge in [0.15, 0.2) is 0 Å². The Morgan fingerprint density at radius 3 is 2.62 bits per heavy atom. The van der Waals surface area contributed by atoms with Crippen molar-refractivity contribution < 1.29 is 22.7 Å². The first-order valence-corrected chi connectivity index (χ1v) is 9.89. The highest BCUT2D eigenvalue weighted by Gasteiger charge is 2.25. The van der Waals surface area contributed by atoms with E-state index >= 15 is 0 Å². The minimum atomic E-state index is -3.41. The van der Waals surface area contributed by atoms with Crippen LogP contribution in [0.5, 0.6) is 11.5 Å². The van der Waals surface area contributed by atoms with Crippen molar-refractivity contribution in [3.63, 3.8) is 0 Å². The molecule has 7 nitrogen and oxygen atoms in total. The fourth-order valence-corrected chi connectivity index (χ4v) is 3.66. The highest BCUT2D eigenvalue weighted by Crippen LogP contribution is 2.35. The highest BCUT2D eigenvalue weighted by atomic mass is 32.2. The molecule has 0 bridgehead atoms. The summed E-state index contributed by atoms with van der Waals surface area (Å²) in [5.41, 5.74) is 1.80. The highest BCUT2D eigenvalue weighted by molar-refractivity contribution is 7.92. The van der Waals surface area contributed by atoms with E-state index in [1.54, 1.807) is 37.4 Å². The van der Waals surface area contributed by atoms with E-state index < -0.39 is 10.0 Å². The minimum absolute atomic E-state index is 0.197. The summed E-state index contributed by atoms with van der Waals surface area (Å²) in [6, 6.07) is 12.2. The van der Waals surface area contributed by atoms with Crippen molar-refractivity contribution in [2.24, 2.45) is 0 Å². The Kier molecular flexibility index (Phi) is 5.03. The van der Waals surface area contributed by atoms with Gasteiger partial charge in [-0.2, -0.15) is 0 Å². The molecule has 0 radical (unpaired) electrons. The number of methoxy groups -OCH3 is 1. The summed E-state index contributed by atoms with van der Waals surface area (Å²) in [4.78, 5) is 12.3. The van der Waals surface area contributed by atoms with Gasteiger partial charge in [-0.25, -0.2) is 8.42 Å². The zero-order valence-electron chi connectivity index (χ0n) is 14.6. The molecule has 0 aliphatic carbocycles. The van der Waals surface area contributed by atoms with Gasteiger partial charge in [-0.1, -0.05) is 12.1 Å². The summed E-state index contributed by atoms with van der Waals surface area (Å²) in [7, 11) is -1.83. The number of carbonyl (C=O) groups is 1. The lowest BCUT2D eigenvalue weighted by Crippen LogP contribution is -2.37. The molecule has 0 unspecified atom stereocenters. The van der Waals surface area contributed by atoms with Gasteiger partial charge in [-0.05, 0) is 35.9 Å². The van der Waals surface area contributed by atoms with E-state index in [2.05, 4.69) is 5.32 Å². The monoisotopic (exact) mass is 376 g/mol. The van der Waals surface area contributed by atoms with Gasteiger partial charge < -0.3 is 14.8 Å². The van der Waals surface area contributed by atoms with Crippen molar-refractivity contribution in [2.45, 2.75) is 6.42 Å². The topological polar surface area (TPSA) is 84.9 Å². The van der Waals surface area contributed by atoms with Crippen LogP contribution in [-0.4, -0.2) is 40.8 Å². The normalized spacial score (nSPS) is 13.5. The summed E-state index contributed by atoms with van der Waals surface area (Å²) in [5, 5.41) is 2.79. The van der Waals surface area contributed by atoms with Crippen LogP contribution in [0.4, 0.5) is 11.4 Å². The van der Waals surface area contributed by atoms with Crippen molar-refractivity contribution in [3.05, 3.63) is 48.0 Å². The van der Waals surface area contributed by atoms with Gasteiger partial charge in [0.25, 0.3) is 0 Å². The van der Waals surface area contributed by atoms with E-state index in [0.29, 0.717) is 23.7 Å². The Labute approximate surface area is 152 Å². The third-order valence-electron chi connectivity index (χ3n) is 3.99. The Bertz CT molecular complexity index is 910. The molecule has 138 valence electrons. The average Bonchev–Trinajstić information content (AvgIpc) is 2.61. The van der Waals surface area contributed by atoms with Crippen LogP contribution < -0.4 is 19.1 Å². The van der Waals surface area contributed by atoms with E-state index in [1.165, 1.54) is 4.31 Å². The second-order valence-corrected chi connectivity index (χ2v) is 7.85. The molecule has 1 aliphatic heterocycles. The number of amides is 1. The van der Waals surface area contributed by atoms with Crippen LogP contribution in [0.1, 0.15) is 5.56 Å². The molecule has 1 aliphatic rings. The third-order valence-corrected chi connectivity index (χ3v) is 5.17. The van der Waals surface area contributed by atoms with E-state index in [9.17, 15) is 13.2 Å². The maximum atomic E-state index is 12.3. The number of anilines is 2. The van der Waals surface area contributed by atoms with Crippen LogP contribution in [0.15, 0.2) is 42.5 Å². The second-order valence-electron chi connectivity index (χ2n) is 5.94. The van der Waals surface area contributed by atoms with Gasteiger partial charge in [0, 0.05) is 5.69 Å². The second kappa shape index (κ2) is 7.25. The number of nitrogens with one attached hydrogen (secondary N) is 1. The van der Waals surface area contributed by atoms with Crippen LogP contribution in [-0.2, 0) is 21.2 Å². The Morgan fingerprint density at radius 1 is 1.23 bits per heavy atom. The molecule has 1 heterocycles. The number of ether oxygens (including phenoxy) is 2. The van der Waals surface area contributed by atoms with E-state index in [-0.39, 0.29) is 18.9 Å². The first-order valence-electron chi connectivity index (χ1n) is 8.04. The van der Waals surface area contributed by atoms with Crippen LogP contribution in [0.25, 0.3) is 0 Å². The quantitative estimate of drug-likeness (QED) is 0.863. The number of hydrogen-bond acceptors (Lipinski definition) is 5. The Morgan fingerprint density at radius 2 is 1.96 bits per heavy atom. The largest absolute Gasteiger partial charge is 0.497 e. The van der Waals surface area contributed by atoms with Crippen molar-refractivity contribution in [1.82, 2.24) is 0 Å². The molecule has 0 saturated heterocycles. The molecule has 8 heteroatoms.